The molecule has 2 rings (SSSR count). The van der Waals surface area contributed by atoms with Crippen molar-refractivity contribution >= 4 is 11.4 Å². The Morgan fingerprint density at radius 3 is 2.21 bits per heavy atom. The Morgan fingerprint density at radius 1 is 0.947 bits per heavy atom. The van der Waals surface area contributed by atoms with Crippen LogP contribution in [0.1, 0.15) is 22.3 Å². The Bertz CT molecular complexity index is 588. The van der Waals surface area contributed by atoms with E-state index in [0.717, 1.165) is 17.9 Å². The molecule has 2 aromatic carbocycles. The summed E-state index contributed by atoms with van der Waals surface area (Å²) in [6, 6.07) is 12.8. The lowest BCUT2D eigenvalue weighted by Gasteiger charge is -2.22. The fourth-order valence-electron chi connectivity index (χ4n) is 2.39. The topological polar surface area (TPSA) is 29.3 Å². The van der Waals surface area contributed by atoms with Gasteiger partial charge in [-0.1, -0.05) is 29.8 Å². The summed E-state index contributed by atoms with van der Waals surface area (Å²) in [6.45, 7) is 7.22. The number of nitrogens with zero attached hydrogens (tertiary/aromatic N) is 1. The fraction of sp³-hybridized carbons (Fsp3) is 0.294. The van der Waals surface area contributed by atoms with E-state index in [1.807, 2.05) is 6.07 Å². The van der Waals surface area contributed by atoms with Gasteiger partial charge in [-0.25, -0.2) is 0 Å². The van der Waals surface area contributed by atoms with Gasteiger partial charge in [0.2, 0.25) is 0 Å². The van der Waals surface area contributed by atoms with E-state index in [1.165, 1.54) is 22.3 Å². The zero-order valence-corrected chi connectivity index (χ0v) is 12.2. The number of nitrogen functional groups attached to an aromatic ring is 1. The van der Waals surface area contributed by atoms with Crippen LogP contribution in [0.5, 0.6) is 0 Å². The number of benzene rings is 2. The Morgan fingerprint density at radius 2 is 1.58 bits per heavy atom. The molecule has 0 bridgehead atoms. The summed E-state index contributed by atoms with van der Waals surface area (Å²) in [7, 11) is 2.08. The summed E-state index contributed by atoms with van der Waals surface area (Å²) in [5.74, 6) is 0. The van der Waals surface area contributed by atoms with E-state index in [2.05, 4.69) is 63.1 Å². The number of anilines is 2. The molecule has 0 fully saturated rings. The third-order valence-electron chi connectivity index (χ3n) is 3.50. The molecule has 0 aliphatic rings. The number of hydrogen-bond acceptors (Lipinski definition) is 2. The van der Waals surface area contributed by atoms with Crippen LogP contribution >= 0.6 is 0 Å². The van der Waals surface area contributed by atoms with Gasteiger partial charge in [0.25, 0.3) is 0 Å². The molecule has 2 N–H and O–H groups in total. The SMILES string of the molecule is Cc1ccc(CN(C)c2ccc(C)cc2N)c(C)c1. The molecule has 2 nitrogen and oxygen atoms in total. The first-order chi connectivity index (χ1) is 8.97. The van der Waals surface area contributed by atoms with Gasteiger partial charge < -0.3 is 10.6 Å². The van der Waals surface area contributed by atoms with Crippen LogP contribution in [0.2, 0.25) is 0 Å². The fourth-order valence-corrected chi connectivity index (χ4v) is 2.39. The predicted octanol–water partition coefficient (Wildman–Crippen LogP) is 3.83. The number of hydrogen-bond donors (Lipinski definition) is 1. The average molecular weight is 254 g/mol. The molecule has 0 aliphatic heterocycles. The second-order valence-electron chi connectivity index (χ2n) is 5.35. The highest BCUT2D eigenvalue weighted by molar-refractivity contribution is 5.68. The molecule has 0 saturated carbocycles. The quantitative estimate of drug-likeness (QED) is 0.843. The van der Waals surface area contributed by atoms with Crippen molar-refractivity contribution in [3.8, 4) is 0 Å². The maximum atomic E-state index is 6.10. The van der Waals surface area contributed by atoms with Gasteiger partial charge in [-0.3, -0.25) is 0 Å². The van der Waals surface area contributed by atoms with Crippen molar-refractivity contribution in [1.29, 1.82) is 0 Å². The van der Waals surface area contributed by atoms with Crippen LogP contribution in [-0.2, 0) is 6.54 Å². The van der Waals surface area contributed by atoms with Crippen LogP contribution in [-0.4, -0.2) is 7.05 Å². The lowest BCUT2D eigenvalue weighted by atomic mass is 10.0. The van der Waals surface area contributed by atoms with Gasteiger partial charge >= 0.3 is 0 Å². The van der Waals surface area contributed by atoms with Crippen LogP contribution in [0, 0.1) is 20.8 Å². The van der Waals surface area contributed by atoms with Gasteiger partial charge in [-0.2, -0.15) is 0 Å². The lowest BCUT2D eigenvalue weighted by Crippen LogP contribution is -2.18. The number of nitrogens with two attached hydrogens (primary N) is 1. The van der Waals surface area contributed by atoms with Crippen molar-refractivity contribution in [1.82, 2.24) is 0 Å². The maximum absolute atomic E-state index is 6.10. The van der Waals surface area contributed by atoms with Crippen molar-refractivity contribution < 1.29 is 0 Å². The van der Waals surface area contributed by atoms with Crippen molar-refractivity contribution in [2.45, 2.75) is 27.3 Å². The van der Waals surface area contributed by atoms with Crippen LogP contribution in [0.4, 0.5) is 11.4 Å². The van der Waals surface area contributed by atoms with Gasteiger partial charge in [0, 0.05) is 13.6 Å². The van der Waals surface area contributed by atoms with Crippen LogP contribution in [0.25, 0.3) is 0 Å². The summed E-state index contributed by atoms with van der Waals surface area (Å²) in [5, 5.41) is 0. The third kappa shape index (κ3) is 3.08. The molecule has 0 atom stereocenters. The molecule has 0 unspecified atom stereocenters. The van der Waals surface area contributed by atoms with Gasteiger partial charge in [0.1, 0.15) is 0 Å². The van der Waals surface area contributed by atoms with Crippen molar-refractivity contribution in [2.75, 3.05) is 17.7 Å². The lowest BCUT2D eigenvalue weighted by molar-refractivity contribution is 0.914. The molecule has 2 heteroatoms. The van der Waals surface area contributed by atoms with E-state index < -0.39 is 0 Å². The van der Waals surface area contributed by atoms with E-state index in [9.17, 15) is 0 Å². The smallest absolute Gasteiger partial charge is 0.0600 e. The number of aryl methyl sites for hydroxylation is 3. The molecular formula is C17H22N2. The molecule has 2 aromatic rings. The first kappa shape index (κ1) is 13.5. The minimum absolute atomic E-state index is 0.840. The summed E-state index contributed by atoms with van der Waals surface area (Å²) < 4.78 is 0. The van der Waals surface area contributed by atoms with Gasteiger partial charge in [0.05, 0.1) is 11.4 Å². The van der Waals surface area contributed by atoms with E-state index >= 15 is 0 Å². The molecular weight excluding hydrogens is 232 g/mol. The monoisotopic (exact) mass is 254 g/mol. The Balaban J connectivity index is 2.23. The molecule has 19 heavy (non-hydrogen) atoms. The molecule has 0 aromatic heterocycles. The third-order valence-corrected chi connectivity index (χ3v) is 3.50. The van der Waals surface area contributed by atoms with Gasteiger partial charge in [0.15, 0.2) is 0 Å². The Hall–Kier alpha value is -1.96. The van der Waals surface area contributed by atoms with E-state index in [-0.39, 0.29) is 0 Å². The summed E-state index contributed by atoms with van der Waals surface area (Å²) in [4.78, 5) is 2.20. The summed E-state index contributed by atoms with van der Waals surface area (Å²) in [5.41, 5.74) is 13.2. The zero-order chi connectivity index (χ0) is 14.0. The van der Waals surface area contributed by atoms with Crippen molar-refractivity contribution in [3.63, 3.8) is 0 Å². The largest absolute Gasteiger partial charge is 0.397 e. The highest BCUT2D eigenvalue weighted by atomic mass is 15.1. The van der Waals surface area contributed by atoms with Gasteiger partial charge in [-0.15, -0.1) is 0 Å². The van der Waals surface area contributed by atoms with Crippen LogP contribution < -0.4 is 10.6 Å². The summed E-state index contributed by atoms with van der Waals surface area (Å²) >= 11 is 0. The molecule has 100 valence electrons. The molecule has 0 amide bonds. The first-order valence-corrected chi connectivity index (χ1v) is 6.61. The van der Waals surface area contributed by atoms with Crippen molar-refractivity contribution in [2.24, 2.45) is 0 Å². The Labute approximate surface area is 115 Å². The molecule has 0 aliphatic carbocycles. The molecule has 0 spiro atoms. The molecule has 0 heterocycles. The van der Waals surface area contributed by atoms with Crippen molar-refractivity contribution in [3.05, 3.63) is 58.7 Å². The van der Waals surface area contributed by atoms with Crippen LogP contribution in [0.3, 0.4) is 0 Å². The first-order valence-electron chi connectivity index (χ1n) is 6.61. The Kier molecular flexibility index (Phi) is 3.79. The van der Waals surface area contributed by atoms with E-state index in [0.29, 0.717) is 0 Å². The zero-order valence-electron chi connectivity index (χ0n) is 12.2. The minimum Gasteiger partial charge on any atom is -0.397 e. The minimum atomic E-state index is 0.840. The second kappa shape index (κ2) is 5.35. The van der Waals surface area contributed by atoms with Crippen LogP contribution in [0.15, 0.2) is 36.4 Å². The normalized spacial score (nSPS) is 10.5. The van der Waals surface area contributed by atoms with E-state index in [4.69, 9.17) is 5.73 Å². The number of rotatable bonds is 3. The average Bonchev–Trinajstić information content (AvgIpc) is 2.32. The van der Waals surface area contributed by atoms with E-state index in [1.54, 1.807) is 0 Å². The maximum Gasteiger partial charge on any atom is 0.0600 e. The molecule has 0 saturated heterocycles. The second-order valence-corrected chi connectivity index (χ2v) is 5.35. The molecule has 0 radical (unpaired) electrons. The predicted molar refractivity (Wildman–Crippen MR) is 83.6 cm³/mol. The van der Waals surface area contributed by atoms with Gasteiger partial charge in [-0.05, 0) is 49.6 Å². The highest BCUT2D eigenvalue weighted by Crippen LogP contribution is 2.25. The highest BCUT2D eigenvalue weighted by Gasteiger charge is 2.07. The summed E-state index contributed by atoms with van der Waals surface area (Å²) in [6.07, 6.45) is 0. The standard InChI is InChI=1S/C17H22N2/c1-12-5-7-15(14(3)9-12)11-19(4)17-8-6-13(2)10-16(17)18/h5-10H,11,18H2,1-4H3.